The summed E-state index contributed by atoms with van der Waals surface area (Å²) < 4.78 is 6.22. The first-order valence-corrected chi connectivity index (χ1v) is 7.78. The van der Waals surface area contributed by atoms with Gasteiger partial charge in [0.25, 0.3) is 0 Å². The molecule has 1 heterocycles. The third-order valence-corrected chi connectivity index (χ3v) is 4.28. The second-order valence-electron chi connectivity index (χ2n) is 5.54. The Hall–Kier alpha value is -0.380. The summed E-state index contributed by atoms with van der Waals surface area (Å²) in [4.78, 5) is 1.29. The molecular formula is C15H27NOS. The Bertz CT molecular complexity index is 348. The molecule has 0 fully saturated rings. The normalized spacial score (nSPS) is 16.8. The van der Waals surface area contributed by atoms with Gasteiger partial charge in [-0.2, -0.15) is 0 Å². The van der Waals surface area contributed by atoms with Gasteiger partial charge in [0.2, 0.25) is 0 Å². The summed E-state index contributed by atoms with van der Waals surface area (Å²) in [5, 5.41) is 2.12. The van der Waals surface area contributed by atoms with Gasteiger partial charge in [-0.05, 0) is 49.6 Å². The standard InChI is InChI=1S/C15H27NOS/c1-6-13(16)14(15-11(4)7-8-18-15)17-12(5)9-10(2)3/h7-8,10,12-14H,6,9,16H2,1-5H3. The van der Waals surface area contributed by atoms with Crippen molar-refractivity contribution in [2.24, 2.45) is 11.7 Å². The molecule has 3 atom stereocenters. The highest BCUT2D eigenvalue weighted by atomic mass is 32.1. The summed E-state index contributed by atoms with van der Waals surface area (Å²) in [5.74, 6) is 0.655. The van der Waals surface area contributed by atoms with Crippen molar-refractivity contribution in [3.63, 3.8) is 0 Å². The van der Waals surface area contributed by atoms with Crippen LogP contribution in [0.1, 0.15) is 57.1 Å². The second-order valence-corrected chi connectivity index (χ2v) is 6.48. The SMILES string of the molecule is CCC(N)C(OC(C)CC(C)C)c1sccc1C. The van der Waals surface area contributed by atoms with Crippen LogP contribution in [-0.2, 0) is 4.74 Å². The fraction of sp³-hybridized carbons (Fsp3) is 0.733. The molecule has 2 nitrogen and oxygen atoms in total. The largest absolute Gasteiger partial charge is 0.368 e. The molecule has 0 aliphatic carbocycles. The van der Waals surface area contributed by atoms with E-state index in [4.69, 9.17) is 10.5 Å². The third kappa shape index (κ3) is 4.38. The Morgan fingerprint density at radius 1 is 1.33 bits per heavy atom. The smallest absolute Gasteiger partial charge is 0.107 e. The monoisotopic (exact) mass is 269 g/mol. The molecule has 0 aliphatic rings. The van der Waals surface area contributed by atoms with Crippen molar-refractivity contribution in [2.45, 2.75) is 65.7 Å². The predicted molar refractivity (Wildman–Crippen MR) is 80.1 cm³/mol. The van der Waals surface area contributed by atoms with Gasteiger partial charge in [0.05, 0.1) is 6.10 Å². The number of nitrogens with two attached hydrogens (primary N) is 1. The van der Waals surface area contributed by atoms with Crippen LogP contribution in [-0.4, -0.2) is 12.1 Å². The average molecular weight is 269 g/mol. The lowest BCUT2D eigenvalue weighted by Crippen LogP contribution is -2.32. The maximum atomic E-state index is 6.24. The first-order valence-electron chi connectivity index (χ1n) is 6.90. The van der Waals surface area contributed by atoms with Crippen LogP contribution in [0.15, 0.2) is 11.4 Å². The number of rotatable bonds is 7. The minimum absolute atomic E-state index is 0.0451. The Labute approximate surface area is 116 Å². The van der Waals surface area contributed by atoms with Crippen molar-refractivity contribution < 1.29 is 4.74 Å². The topological polar surface area (TPSA) is 35.2 Å². The Morgan fingerprint density at radius 2 is 2.00 bits per heavy atom. The van der Waals surface area contributed by atoms with E-state index >= 15 is 0 Å². The Morgan fingerprint density at radius 3 is 2.44 bits per heavy atom. The third-order valence-electron chi connectivity index (χ3n) is 3.20. The zero-order valence-electron chi connectivity index (χ0n) is 12.3. The average Bonchev–Trinajstić information content (AvgIpc) is 2.70. The lowest BCUT2D eigenvalue weighted by atomic mass is 10.0. The molecule has 1 rings (SSSR count). The van der Waals surface area contributed by atoms with Crippen LogP contribution in [0, 0.1) is 12.8 Å². The van der Waals surface area contributed by atoms with Gasteiger partial charge in [-0.15, -0.1) is 11.3 Å². The highest BCUT2D eigenvalue weighted by Gasteiger charge is 2.24. The number of hydrogen-bond acceptors (Lipinski definition) is 3. The van der Waals surface area contributed by atoms with Gasteiger partial charge in [0.15, 0.2) is 0 Å². The first-order chi connectivity index (χ1) is 8.45. The van der Waals surface area contributed by atoms with Crippen molar-refractivity contribution in [3.05, 3.63) is 21.9 Å². The van der Waals surface area contributed by atoms with E-state index in [-0.39, 0.29) is 18.2 Å². The highest BCUT2D eigenvalue weighted by Crippen LogP contribution is 2.31. The van der Waals surface area contributed by atoms with Crippen LogP contribution in [0.5, 0.6) is 0 Å². The molecular weight excluding hydrogens is 242 g/mol. The van der Waals surface area contributed by atoms with E-state index in [2.05, 4.69) is 46.1 Å². The van der Waals surface area contributed by atoms with E-state index in [0.717, 1.165) is 12.8 Å². The van der Waals surface area contributed by atoms with Crippen LogP contribution in [0.4, 0.5) is 0 Å². The fourth-order valence-electron chi connectivity index (χ4n) is 2.22. The van der Waals surface area contributed by atoms with Crippen molar-refractivity contribution in [3.8, 4) is 0 Å². The van der Waals surface area contributed by atoms with Gasteiger partial charge < -0.3 is 10.5 Å². The van der Waals surface area contributed by atoms with E-state index < -0.39 is 0 Å². The molecule has 0 radical (unpaired) electrons. The van der Waals surface area contributed by atoms with E-state index in [0.29, 0.717) is 5.92 Å². The van der Waals surface area contributed by atoms with Gasteiger partial charge in [-0.25, -0.2) is 0 Å². The minimum Gasteiger partial charge on any atom is -0.368 e. The number of aryl methyl sites for hydroxylation is 1. The van der Waals surface area contributed by atoms with Crippen molar-refractivity contribution in [1.82, 2.24) is 0 Å². The molecule has 2 N–H and O–H groups in total. The molecule has 0 spiro atoms. The number of thiophene rings is 1. The Balaban J connectivity index is 2.77. The summed E-state index contributed by atoms with van der Waals surface area (Å²) in [5.41, 5.74) is 7.53. The van der Waals surface area contributed by atoms with Crippen LogP contribution < -0.4 is 5.73 Å². The van der Waals surface area contributed by atoms with Crippen molar-refractivity contribution >= 4 is 11.3 Å². The first kappa shape index (κ1) is 15.7. The minimum atomic E-state index is 0.0451. The summed E-state index contributed by atoms with van der Waals surface area (Å²) >= 11 is 1.76. The molecule has 3 heteroatoms. The van der Waals surface area contributed by atoms with Gasteiger partial charge >= 0.3 is 0 Å². The van der Waals surface area contributed by atoms with Crippen molar-refractivity contribution in [1.29, 1.82) is 0 Å². The molecule has 3 unspecified atom stereocenters. The molecule has 0 amide bonds. The van der Waals surface area contributed by atoms with E-state index in [1.54, 1.807) is 11.3 Å². The van der Waals surface area contributed by atoms with E-state index in [1.165, 1.54) is 10.4 Å². The van der Waals surface area contributed by atoms with Gasteiger partial charge in [0, 0.05) is 10.9 Å². The number of hydrogen-bond donors (Lipinski definition) is 1. The molecule has 0 saturated heterocycles. The van der Waals surface area contributed by atoms with Gasteiger partial charge in [-0.1, -0.05) is 20.8 Å². The van der Waals surface area contributed by atoms with Crippen LogP contribution in [0.3, 0.4) is 0 Å². The second kappa shape index (κ2) is 7.27. The predicted octanol–water partition coefficient (Wildman–Crippen LogP) is 4.29. The summed E-state index contributed by atoms with van der Waals surface area (Å²) in [6, 6.07) is 2.23. The Kier molecular flexibility index (Phi) is 6.33. The zero-order chi connectivity index (χ0) is 13.7. The van der Waals surface area contributed by atoms with Crippen LogP contribution in [0.2, 0.25) is 0 Å². The molecule has 1 aromatic heterocycles. The van der Waals surface area contributed by atoms with Crippen LogP contribution >= 0.6 is 11.3 Å². The molecule has 0 saturated carbocycles. The summed E-state index contributed by atoms with van der Waals surface area (Å²) in [6.07, 6.45) is 2.33. The summed E-state index contributed by atoms with van der Waals surface area (Å²) in [7, 11) is 0. The maximum absolute atomic E-state index is 6.24. The molecule has 18 heavy (non-hydrogen) atoms. The molecule has 0 bridgehead atoms. The molecule has 1 aromatic rings. The van der Waals surface area contributed by atoms with E-state index in [1.807, 2.05) is 0 Å². The van der Waals surface area contributed by atoms with E-state index in [9.17, 15) is 0 Å². The lowest BCUT2D eigenvalue weighted by Gasteiger charge is -2.27. The molecule has 0 aromatic carbocycles. The number of ether oxygens (including phenoxy) is 1. The highest BCUT2D eigenvalue weighted by molar-refractivity contribution is 7.10. The lowest BCUT2D eigenvalue weighted by molar-refractivity contribution is -0.0254. The van der Waals surface area contributed by atoms with Gasteiger partial charge in [0.1, 0.15) is 6.10 Å². The quantitative estimate of drug-likeness (QED) is 0.801. The maximum Gasteiger partial charge on any atom is 0.107 e. The zero-order valence-corrected chi connectivity index (χ0v) is 13.1. The summed E-state index contributed by atoms with van der Waals surface area (Å²) in [6.45, 7) is 10.9. The van der Waals surface area contributed by atoms with Crippen molar-refractivity contribution in [2.75, 3.05) is 0 Å². The molecule has 0 aliphatic heterocycles. The van der Waals surface area contributed by atoms with Gasteiger partial charge in [-0.3, -0.25) is 0 Å². The fourth-order valence-corrected chi connectivity index (χ4v) is 3.25. The van der Waals surface area contributed by atoms with Crippen LogP contribution in [0.25, 0.3) is 0 Å². The molecule has 104 valence electrons.